The average Bonchev–Trinajstić information content (AvgIpc) is 2.99. The lowest BCUT2D eigenvalue weighted by Gasteiger charge is -2.21. The minimum atomic E-state index is -3.70. The van der Waals surface area contributed by atoms with E-state index in [2.05, 4.69) is 4.72 Å². The highest BCUT2D eigenvalue weighted by Gasteiger charge is 2.22. The van der Waals surface area contributed by atoms with Gasteiger partial charge in [-0.25, -0.2) is 17.9 Å². The van der Waals surface area contributed by atoms with Gasteiger partial charge < -0.3 is 14.5 Å². The van der Waals surface area contributed by atoms with Crippen molar-refractivity contribution >= 4 is 32.8 Å². The Kier molecular flexibility index (Phi) is 6.71. The number of carbonyl (C=O) groups excluding carboxylic acids is 2. The monoisotopic (exact) mass is 419 g/mol. The van der Waals surface area contributed by atoms with Crippen molar-refractivity contribution in [2.24, 2.45) is 0 Å². The van der Waals surface area contributed by atoms with E-state index in [4.69, 9.17) is 4.74 Å². The van der Waals surface area contributed by atoms with Crippen LogP contribution in [0.1, 0.15) is 12.8 Å². The molecule has 3 rings (SSSR count). The maximum absolute atomic E-state index is 12.5. The van der Waals surface area contributed by atoms with Crippen molar-refractivity contribution in [1.29, 1.82) is 0 Å². The van der Waals surface area contributed by atoms with Gasteiger partial charge in [0.1, 0.15) is 0 Å². The first-order valence-corrected chi connectivity index (χ1v) is 11.0. The second-order valence-electron chi connectivity index (χ2n) is 6.85. The van der Waals surface area contributed by atoms with Gasteiger partial charge >= 0.3 is 6.09 Å². The Morgan fingerprint density at radius 2 is 1.69 bits per heavy atom. The lowest BCUT2D eigenvalue weighted by Crippen LogP contribution is -2.38. The molecule has 1 N–H and O–H groups in total. The summed E-state index contributed by atoms with van der Waals surface area (Å²) in [6.45, 7) is 1.90. The number of amides is 2. The molecule has 0 saturated carbocycles. The molecule has 1 fully saturated rings. The van der Waals surface area contributed by atoms with E-state index < -0.39 is 16.1 Å². The predicted molar refractivity (Wildman–Crippen MR) is 109 cm³/mol. The number of hydrogen-bond acceptors (Lipinski definition) is 5. The van der Waals surface area contributed by atoms with Gasteiger partial charge in [-0.15, -0.1) is 0 Å². The third-order valence-electron chi connectivity index (χ3n) is 4.94. The van der Waals surface area contributed by atoms with E-state index in [1.807, 2.05) is 24.3 Å². The Morgan fingerprint density at radius 1 is 1.00 bits per heavy atom. The standard InChI is InChI=1S/C20H25N3O5S/c1-28-20(25)23-12-4-11-22(13-14-23)19(24)9-10-21-29(26,27)18-8-7-16-5-2-3-6-17(16)15-18/h2-3,5-8,15,21H,4,9-14H2,1H3. The van der Waals surface area contributed by atoms with Crippen LogP contribution in [0.15, 0.2) is 47.4 Å². The van der Waals surface area contributed by atoms with Crippen LogP contribution < -0.4 is 4.72 Å². The molecule has 0 unspecified atom stereocenters. The largest absolute Gasteiger partial charge is 0.453 e. The van der Waals surface area contributed by atoms with Crippen molar-refractivity contribution in [2.75, 3.05) is 39.8 Å². The lowest BCUT2D eigenvalue weighted by molar-refractivity contribution is -0.130. The SMILES string of the molecule is COC(=O)N1CCCN(C(=O)CCNS(=O)(=O)c2ccc3ccccc3c2)CC1. The molecule has 156 valence electrons. The van der Waals surface area contributed by atoms with Gasteiger partial charge in [0.15, 0.2) is 0 Å². The first kappa shape index (κ1) is 21.1. The normalized spacial score (nSPS) is 15.2. The number of ether oxygens (including phenoxy) is 1. The van der Waals surface area contributed by atoms with Gasteiger partial charge in [-0.3, -0.25) is 4.79 Å². The molecule has 1 aliphatic heterocycles. The maximum Gasteiger partial charge on any atom is 0.409 e. The molecule has 2 aromatic rings. The van der Waals surface area contributed by atoms with Crippen LogP contribution in [0.25, 0.3) is 10.8 Å². The number of methoxy groups -OCH3 is 1. The number of sulfonamides is 1. The molecule has 0 radical (unpaired) electrons. The fourth-order valence-corrected chi connectivity index (χ4v) is 4.41. The Morgan fingerprint density at radius 3 is 2.45 bits per heavy atom. The Bertz CT molecular complexity index is 993. The number of fused-ring (bicyclic) bond motifs is 1. The summed E-state index contributed by atoms with van der Waals surface area (Å²) < 4.78 is 32.3. The van der Waals surface area contributed by atoms with Crippen LogP contribution in [0.3, 0.4) is 0 Å². The minimum absolute atomic E-state index is 0.0191. The number of benzene rings is 2. The van der Waals surface area contributed by atoms with E-state index in [1.165, 1.54) is 7.11 Å². The molecule has 29 heavy (non-hydrogen) atoms. The van der Waals surface area contributed by atoms with Crippen LogP contribution in [0.5, 0.6) is 0 Å². The Labute approximate surface area is 170 Å². The number of hydrogen-bond donors (Lipinski definition) is 1. The lowest BCUT2D eigenvalue weighted by atomic mass is 10.1. The summed E-state index contributed by atoms with van der Waals surface area (Å²) in [7, 11) is -2.37. The van der Waals surface area contributed by atoms with Crippen molar-refractivity contribution in [1.82, 2.24) is 14.5 Å². The first-order valence-electron chi connectivity index (χ1n) is 9.50. The number of nitrogens with one attached hydrogen (secondary N) is 1. The third kappa shape index (κ3) is 5.24. The third-order valence-corrected chi connectivity index (χ3v) is 6.40. The fraction of sp³-hybridized carbons (Fsp3) is 0.400. The summed E-state index contributed by atoms with van der Waals surface area (Å²) in [6.07, 6.45) is 0.316. The van der Waals surface area contributed by atoms with Crippen LogP contribution in [0.2, 0.25) is 0 Å². The van der Waals surface area contributed by atoms with Crippen LogP contribution in [0.4, 0.5) is 4.79 Å². The van der Waals surface area contributed by atoms with E-state index in [0.29, 0.717) is 32.6 Å². The van der Waals surface area contributed by atoms with Gasteiger partial charge in [-0.1, -0.05) is 30.3 Å². The minimum Gasteiger partial charge on any atom is -0.453 e. The maximum atomic E-state index is 12.5. The number of rotatable bonds is 5. The summed E-state index contributed by atoms with van der Waals surface area (Å²) in [6, 6.07) is 12.5. The average molecular weight is 420 g/mol. The van der Waals surface area contributed by atoms with Gasteiger partial charge in [0.05, 0.1) is 12.0 Å². The van der Waals surface area contributed by atoms with Crippen molar-refractivity contribution in [3.05, 3.63) is 42.5 Å². The molecule has 0 aliphatic carbocycles. The van der Waals surface area contributed by atoms with Crippen LogP contribution in [0, 0.1) is 0 Å². The van der Waals surface area contributed by atoms with E-state index in [-0.39, 0.29) is 23.8 Å². The zero-order chi connectivity index (χ0) is 20.9. The van der Waals surface area contributed by atoms with Gasteiger partial charge in [0, 0.05) is 39.1 Å². The van der Waals surface area contributed by atoms with Gasteiger partial charge in [-0.2, -0.15) is 0 Å². The van der Waals surface area contributed by atoms with E-state index in [1.54, 1.807) is 28.0 Å². The van der Waals surface area contributed by atoms with Crippen molar-refractivity contribution in [3.8, 4) is 0 Å². The van der Waals surface area contributed by atoms with Crippen LogP contribution in [-0.4, -0.2) is 70.1 Å². The highest BCUT2D eigenvalue weighted by Crippen LogP contribution is 2.18. The van der Waals surface area contributed by atoms with E-state index >= 15 is 0 Å². The Hall–Kier alpha value is -2.65. The highest BCUT2D eigenvalue weighted by molar-refractivity contribution is 7.89. The summed E-state index contributed by atoms with van der Waals surface area (Å²) in [5.41, 5.74) is 0. The van der Waals surface area contributed by atoms with Crippen molar-refractivity contribution in [3.63, 3.8) is 0 Å². The van der Waals surface area contributed by atoms with Crippen LogP contribution in [-0.2, 0) is 19.6 Å². The first-order chi connectivity index (χ1) is 13.9. The molecule has 8 nitrogen and oxygen atoms in total. The van der Waals surface area contributed by atoms with Gasteiger partial charge in [0.2, 0.25) is 15.9 Å². The summed E-state index contributed by atoms with van der Waals surface area (Å²) in [5, 5.41) is 1.80. The molecular weight excluding hydrogens is 394 g/mol. The summed E-state index contributed by atoms with van der Waals surface area (Å²) in [5.74, 6) is -0.141. The van der Waals surface area contributed by atoms with E-state index in [0.717, 1.165) is 10.8 Å². The fourth-order valence-electron chi connectivity index (χ4n) is 3.35. The van der Waals surface area contributed by atoms with Crippen molar-refractivity contribution < 1.29 is 22.7 Å². The molecule has 1 heterocycles. The molecule has 9 heteroatoms. The Balaban J connectivity index is 1.54. The molecular formula is C20H25N3O5S. The number of carbonyl (C=O) groups is 2. The molecule has 1 aliphatic rings. The van der Waals surface area contributed by atoms with Crippen LogP contribution >= 0.6 is 0 Å². The number of nitrogens with zero attached hydrogens (tertiary/aromatic N) is 2. The zero-order valence-corrected chi connectivity index (χ0v) is 17.2. The highest BCUT2D eigenvalue weighted by atomic mass is 32.2. The summed E-state index contributed by atoms with van der Waals surface area (Å²) in [4.78, 5) is 27.5. The van der Waals surface area contributed by atoms with Gasteiger partial charge in [0.25, 0.3) is 0 Å². The van der Waals surface area contributed by atoms with E-state index in [9.17, 15) is 18.0 Å². The molecule has 0 bridgehead atoms. The second kappa shape index (κ2) is 9.23. The topological polar surface area (TPSA) is 96.0 Å². The molecule has 2 amide bonds. The zero-order valence-electron chi connectivity index (χ0n) is 16.3. The molecule has 2 aromatic carbocycles. The van der Waals surface area contributed by atoms with Gasteiger partial charge in [-0.05, 0) is 29.3 Å². The summed E-state index contributed by atoms with van der Waals surface area (Å²) >= 11 is 0. The quantitative estimate of drug-likeness (QED) is 0.797. The molecule has 0 aromatic heterocycles. The van der Waals surface area contributed by atoms with Crippen molar-refractivity contribution in [2.45, 2.75) is 17.7 Å². The predicted octanol–water partition coefficient (Wildman–Crippen LogP) is 1.81. The smallest absolute Gasteiger partial charge is 0.409 e. The second-order valence-corrected chi connectivity index (χ2v) is 8.62. The molecule has 1 saturated heterocycles. The molecule has 0 spiro atoms. The molecule has 0 atom stereocenters.